The summed E-state index contributed by atoms with van der Waals surface area (Å²) >= 11 is 1.66. The number of fused-ring (bicyclic) bond motifs is 1. The molecule has 0 unspecified atom stereocenters. The van der Waals surface area contributed by atoms with Crippen LogP contribution in [0.25, 0.3) is 10.1 Å². The van der Waals surface area contributed by atoms with Crippen molar-refractivity contribution in [2.75, 3.05) is 0 Å². The summed E-state index contributed by atoms with van der Waals surface area (Å²) in [5.74, 6) is -0.445. The number of hydrogen-bond acceptors (Lipinski definition) is 4. The third kappa shape index (κ3) is 3.80. The molecule has 0 aliphatic rings. The Morgan fingerprint density at radius 1 is 1.04 bits per heavy atom. The van der Waals surface area contributed by atoms with Crippen LogP contribution in [0.15, 0.2) is 59.1 Å². The molecule has 0 radical (unpaired) electrons. The quantitative estimate of drug-likeness (QED) is 0.341. The van der Waals surface area contributed by atoms with E-state index in [0.29, 0.717) is 11.3 Å². The van der Waals surface area contributed by atoms with E-state index in [1.54, 1.807) is 23.5 Å². The third-order valence-corrected chi connectivity index (χ3v) is 5.09. The van der Waals surface area contributed by atoms with Gasteiger partial charge in [-0.2, -0.15) is 0 Å². The molecule has 0 atom stereocenters. The molecule has 0 N–H and O–H groups in total. The fourth-order valence-electron chi connectivity index (χ4n) is 2.58. The van der Waals surface area contributed by atoms with E-state index in [0.717, 1.165) is 10.9 Å². The number of carbonyl (C=O) groups excluding carboxylic acids is 1. The van der Waals surface area contributed by atoms with Gasteiger partial charge in [0.1, 0.15) is 0 Å². The fraction of sp³-hybridized carbons (Fsp3) is 0.238. The van der Waals surface area contributed by atoms with Gasteiger partial charge in [0.05, 0.1) is 11.3 Å². The van der Waals surface area contributed by atoms with Gasteiger partial charge in [-0.05, 0) is 36.1 Å². The zero-order chi connectivity index (χ0) is 18.0. The first kappa shape index (κ1) is 17.4. The van der Waals surface area contributed by atoms with Gasteiger partial charge >= 0.3 is 5.97 Å². The molecule has 0 spiro atoms. The third-order valence-electron chi connectivity index (χ3n) is 4.12. The zero-order valence-electron chi connectivity index (χ0n) is 14.9. The summed E-state index contributed by atoms with van der Waals surface area (Å²) in [5.41, 5.74) is 3.42. The Balaban J connectivity index is 1.75. The summed E-state index contributed by atoms with van der Waals surface area (Å²) in [6, 6.07) is 15.6. The van der Waals surface area contributed by atoms with E-state index in [2.05, 4.69) is 32.0 Å². The van der Waals surface area contributed by atoms with Crippen LogP contribution in [0.5, 0.6) is 0 Å². The van der Waals surface area contributed by atoms with Crippen LogP contribution < -0.4 is 0 Å². The largest absolute Gasteiger partial charge is 0.365 e. The van der Waals surface area contributed by atoms with Crippen LogP contribution in [-0.2, 0) is 10.3 Å². The number of oxime groups is 1. The van der Waals surface area contributed by atoms with Crippen molar-refractivity contribution >= 4 is 33.1 Å². The molecule has 1 aromatic heterocycles. The van der Waals surface area contributed by atoms with Gasteiger partial charge in [-0.1, -0.05) is 56.3 Å². The van der Waals surface area contributed by atoms with Crippen molar-refractivity contribution < 1.29 is 9.63 Å². The lowest BCUT2D eigenvalue weighted by Gasteiger charge is -2.18. The van der Waals surface area contributed by atoms with E-state index in [4.69, 9.17) is 4.84 Å². The Labute approximate surface area is 151 Å². The molecule has 3 rings (SSSR count). The molecule has 2 aromatic carbocycles. The van der Waals surface area contributed by atoms with E-state index in [9.17, 15) is 4.79 Å². The minimum atomic E-state index is -0.445. The first-order valence-corrected chi connectivity index (χ1v) is 9.07. The van der Waals surface area contributed by atoms with E-state index >= 15 is 0 Å². The average molecular weight is 351 g/mol. The molecule has 0 aliphatic heterocycles. The standard InChI is InChI=1S/C21H21NO2S/c1-14(18-13-25-19-8-6-5-7-17(18)19)22-24-20(23)15-9-11-16(12-10-15)21(2,3)4/h5-13H,1-4H3. The van der Waals surface area contributed by atoms with Gasteiger partial charge in [0, 0.05) is 21.0 Å². The zero-order valence-corrected chi connectivity index (χ0v) is 15.7. The highest BCUT2D eigenvalue weighted by molar-refractivity contribution is 7.17. The van der Waals surface area contributed by atoms with Crippen LogP contribution >= 0.6 is 11.3 Å². The van der Waals surface area contributed by atoms with Gasteiger partial charge in [-0.15, -0.1) is 11.3 Å². The minimum absolute atomic E-state index is 0.0528. The maximum absolute atomic E-state index is 12.2. The van der Waals surface area contributed by atoms with Gasteiger partial charge in [0.2, 0.25) is 0 Å². The molecule has 0 aliphatic carbocycles. The highest BCUT2D eigenvalue weighted by atomic mass is 32.1. The molecule has 0 bridgehead atoms. The van der Waals surface area contributed by atoms with Crippen molar-refractivity contribution in [1.29, 1.82) is 0 Å². The molecule has 3 aromatic rings. The van der Waals surface area contributed by atoms with Crippen LogP contribution in [0.3, 0.4) is 0 Å². The maximum atomic E-state index is 12.2. The van der Waals surface area contributed by atoms with Crippen molar-refractivity contribution in [3.8, 4) is 0 Å². The van der Waals surface area contributed by atoms with Crippen LogP contribution in [0.1, 0.15) is 49.2 Å². The number of nitrogens with zero attached hydrogens (tertiary/aromatic N) is 1. The first-order chi connectivity index (χ1) is 11.9. The van der Waals surface area contributed by atoms with E-state index in [1.807, 2.05) is 42.6 Å². The molecule has 0 saturated carbocycles. The molecule has 1 heterocycles. The van der Waals surface area contributed by atoms with Crippen molar-refractivity contribution in [2.45, 2.75) is 33.1 Å². The van der Waals surface area contributed by atoms with Crippen LogP contribution in [0.4, 0.5) is 0 Å². The molecule has 0 amide bonds. The molecule has 0 saturated heterocycles. The summed E-state index contributed by atoms with van der Waals surface area (Å²) in [4.78, 5) is 17.4. The van der Waals surface area contributed by atoms with Crippen LogP contribution in [0.2, 0.25) is 0 Å². The molecule has 3 nitrogen and oxygen atoms in total. The summed E-state index contributed by atoms with van der Waals surface area (Å²) < 4.78 is 1.19. The second-order valence-corrected chi connectivity index (χ2v) is 7.94. The summed E-state index contributed by atoms with van der Waals surface area (Å²) in [5, 5.41) is 7.20. The van der Waals surface area contributed by atoms with Gasteiger partial charge in [0.15, 0.2) is 0 Å². The van der Waals surface area contributed by atoms with Crippen LogP contribution in [0, 0.1) is 0 Å². The molecule has 128 valence electrons. The second-order valence-electron chi connectivity index (χ2n) is 7.03. The van der Waals surface area contributed by atoms with Crippen molar-refractivity contribution in [1.82, 2.24) is 0 Å². The summed E-state index contributed by atoms with van der Waals surface area (Å²) in [6.07, 6.45) is 0. The van der Waals surface area contributed by atoms with Gasteiger partial charge < -0.3 is 4.84 Å². The lowest BCUT2D eigenvalue weighted by Crippen LogP contribution is -2.11. The van der Waals surface area contributed by atoms with Crippen molar-refractivity contribution in [3.63, 3.8) is 0 Å². The molecular formula is C21H21NO2S. The predicted octanol–water partition coefficient (Wildman–Crippen LogP) is 5.78. The SMILES string of the molecule is CC(=NOC(=O)c1ccc(C(C)(C)C)cc1)c1csc2ccccc12. The number of hydrogen-bond donors (Lipinski definition) is 0. The highest BCUT2D eigenvalue weighted by Gasteiger charge is 2.15. The molecular weight excluding hydrogens is 330 g/mol. The predicted molar refractivity (Wildman–Crippen MR) is 105 cm³/mol. The lowest BCUT2D eigenvalue weighted by atomic mass is 9.87. The second kappa shape index (κ2) is 6.81. The number of thiophene rings is 1. The number of rotatable bonds is 3. The lowest BCUT2D eigenvalue weighted by molar-refractivity contribution is 0.0516. The van der Waals surface area contributed by atoms with Crippen molar-refractivity contribution in [2.24, 2.45) is 5.16 Å². The van der Waals surface area contributed by atoms with E-state index in [-0.39, 0.29) is 5.41 Å². The summed E-state index contributed by atoms with van der Waals surface area (Å²) in [7, 11) is 0. The van der Waals surface area contributed by atoms with Gasteiger partial charge in [0.25, 0.3) is 0 Å². The minimum Gasteiger partial charge on any atom is -0.313 e. The average Bonchev–Trinajstić information content (AvgIpc) is 3.03. The maximum Gasteiger partial charge on any atom is 0.365 e. The Hall–Kier alpha value is -2.46. The van der Waals surface area contributed by atoms with E-state index in [1.165, 1.54) is 10.3 Å². The Morgan fingerprint density at radius 2 is 1.72 bits per heavy atom. The highest BCUT2D eigenvalue weighted by Crippen LogP contribution is 2.26. The van der Waals surface area contributed by atoms with E-state index < -0.39 is 5.97 Å². The van der Waals surface area contributed by atoms with Gasteiger partial charge in [-0.25, -0.2) is 4.79 Å². The summed E-state index contributed by atoms with van der Waals surface area (Å²) in [6.45, 7) is 8.27. The Bertz CT molecular complexity index is 930. The monoisotopic (exact) mass is 351 g/mol. The smallest absolute Gasteiger partial charge is 0.313 e. The Morgan fingerprint density at radius 3 is 2.40 bits per heavy atom. The fourth-order valence-corrected chi connectivity index (χ4v) is 3.58. The Kier molecular flexibility index (Phi) is 4.73. The van der Waals surface area contributed by atoms with Crippen molar-refractivity contribution in [3.05, 3.63) is 70.6 Å². The topological polar surface area (TPSA) is 38.7 Å². The number of benzene rings is 2. The molecule has 4 heteroatoms. The first-order valence-electron chi connectivity index (χ1n) is 8.19. The number of carbonyl (C=O) groups is 1. The van der Waals surface area contributed by atoms with Crippen LogP contribution in [-0.4, -0.2) is 11.7 Å². The molecule has 0 fully saturated rings. The molecule has 25 heavy (non-hydrogen) atoms. The van der Waals surface area contributed by atoms with Gasteiger partial charge in [-0.3, -0.25) is 0 Å². The normalized spacial score (nSPS) is 12.4.